The van der Waals surface area contributed by atoms with Crippen LogP contribution < -0.4 is 4.74 Å². The molecule has 0 atom stereocenters. The van der Waals surface area contributed by atoms with Gasteiger partial charge in [0.25, 0.3) is 6.43 Å². The molecule has 0 saturated carbocycles. The van der Waals surface area contributed by atoms with E-state index in [-0.39, 0.29) is 25.0 Å². The molecule has 1 aromatic rings. The van der Waals surface area contributed by atoms with Gasteiger partial charge in [-0.3, -0.25) is 4.79 Å². The normalized spacial score (nSPS) is 11.6. The van der Waals surface area contributed by atoms with E-state index in [1.165, 1.54) is 0 Å². The van der Waals surface area contributed by atoms with Crippen LogP contribution >= 0.6 is 0 Å². The van der Waals surface area contributed by atoms with E-state index >= 15 is 0 Å². The predicted molar refractivity (Wildman–Crippen MR) is 63.0 cm³/mol. The third-order valence-corrected chi connectivity index (χ3v) is 2.47. The SMILES string of the molecule is CCOC(=O)CCc1cc(C(F)F)ccc1OC(F)(F)F. The van der Waals surface area contributed by atoms with Crippen LogP contribution in [0.2, 0.25) is 0 Å². The number of alkyl halides is 5. The highest BCUT2D eigenvalue weighted by atomic mass is 19.4. The minimum Gasteiger partial charge on any atom is -0.466 e. The standard InChI is InChI=1S/C13H13F5O3/c1-2-20-11(19)6-4-8-7-9(12(14)15)3-5-10(8)21-13(16,17)18/h3,5,7,12H,2,4,6H2,1H3. The smallest absolute Gasteiger partial charge is 0.466 e. The molecule has 0 radical (unpaired) electrons. The first-order chi connectivity index (χ1) is 9.73. The molecule has 0 spiro atoms. The molecule has 1 aromatic carbocycles. The van der Waals surface area contributed by atoms with Crippen molar-refractivity contribution in [1.82, 2.24) is 0 Å². The van der Waals surface area contributed by atoms with Crippen LogP contribution in [0.1, 0.15) is 30.9 Å². The fraction of sp³-hybridized carbons (Fsp3) is 0.462. The van der Waals surface area contributed by atoms with Crippen molar-refractivity contribution >= 4 is 5.97 Å². The summed E-state index contributed by atoms with van der Waals surface area (Å²) in [7, 11) is 0. The number of esters is 1. The van der Waals surface area contributed by atoms with Crippen molar-refractivity contribution < 1.29 is 36.2 Å². The molecule has 0 unspecified atom stereocenters. The minimum absolute atomic E-state index is 0.127. The first-order valence-electron chi connectivity index (χ1n) is 6.05. The number of ether oxygens (including phenoxy) is 2. The number of rotatable bonds is 6. The molecule has 0 aliphatic carbocycles. The van der Waals surface area contributed by atoms with Crippen molar-refractivity contribution in [2.75, 3.05) is 6.61 Å². The molecule has 0 N–H and O–H groups in total. The maximum Gasteiger partial charge on any atom is 0.573 e. The van der Waals surface area contributed by atoms with E-state index in [0.717, 1.165) is 18.2 Å². The zero-order valence-corrected chi connectivity index (χ0v) is 11.0. The molecule has 118 valence electrons. The van der Waals surface area contributed by atoms with Crippen molar-refractivity contribution in [1.29, 1.82) is 0 Å². The number of halogens is 5. The highest BCUT2D eigenvalue weighted by Crippen LogP contribution is 2.31. The van der Waals surface area contributed by atoms with Gasteiger partial charge in [-0.1, -0.05) is 0 Å². The van der Waals surface area contributed by atoms with Crippen molar-refractivity contribution in [2.24, 2.45) is 0 Å². The molecule has 3 nitrogen and oxygen atoms in total. The monoisotopic (exact) mass is 312 g/mol. The molecule has 8 heteroatoms. The Hall–Kier alpha value is -1.86. The lowest BCUT2D eigenvalue weighted by Crippen LogP contribution is -2.18. The van der Waals surface area contributed by atoms with E-state index in [9.17, 15) is 26.7 Å². The molecule has 0 aromatic heterocycles. The van der Waals surface area contributed by atoms with E-state index in [2.05, 4.69) is 9.47 Å². The second kappa shape index (κ2) is 7.24. The molecule has 0 bridgehead atoms. The van der Waals surface area contributed by atoms with Crippen LogP contribution in [0.25, 0.3) is 0 Å². The second-order valence-corrected chi connectivity index (χ2v) is 4.02. The summed E-state index contributed by atoms with van der Waals surface area (Å²) in [6.07, 6.45) is -8.18. The molecule has 21 heavy (non-hydrogen) atoms. The summed E-state index contributed by atoms with van der Waals surface area (Å²) in [4.78, 5) is 11.2. The van der Waals surface area contributed by atoms with E-state index in [1.807, 2.05) is 0 Å². The number of hydrogen-bond acceptors (Lipinski definition) is 3. The lowest BCUT2D eigenvalue weighted by Gasteiger charge is -2.14. The van der Waals surface area contributed by atoms with E-state index in [4.69, 9.17) is 0 Å². The Morgan fingerprint density at radius 2 is 1.95 bits per heavy atom. The molecular formula is C13H13F5O3. The van der Waals surface area contributed by atoms with Crippen LogP contribution in [0.4, 0.5) is 22.0 Å². The van der Waals surface area contributed by atoms with Crippen LogP contribution in [-0.2, 0) is 16.0 Å². The quantitative estimate of drug-likeness (QED) is 0.588. The largest absolute Gasteiger partial charge is 0.573 e. The van der Waals surface area contributed by atoms with E-state index in [1.54, 1.807) is 6.92 Å². The first kappa shape index (κ1) is 17.2. The summed E-state index contributed by atoms with van der Waals surface area (Å²) in [5, 5.41) is 0. The van der Waals surface area contributed by atoms with Gasteiger partial charge < -0.3 is 9.47 Å². The summed E-state index contributed by atoms with van der Waals surface area (Å²) < 4.78 is 70.3. The Bertz CT molecular complexity index is 485. The molecule has 0 saturated heterocycles. The molecule has 0 fully saturated rings. The second-order valence-electron chi connectivity index (χ2n) is 4.02. The summed E-state index contributed by atoms with van der Waals surface area (Å²) in [6, 6.07) is 2.56. The summed E-state index contributed by atoms with van der Waals surface area (Å²) >= 11 is 0. The van der Waals surface area contributed by atoms with Crippen LogP contribution in [0.15, 0.2) is 18.2 Å². The molecule has 0 amide bonds. The van der Waals surface area contributed by atoms with Gasteiger partial charge in [0, 0.05) is 12.0 Å². The third kappa shape index (κ3) is 5.97. The highest BCUT2D eigenvalue weighted by molar-refractivity contribution is 5.69. The lowest BCUT2D eigenvalue weighted by molar-refractivity contribution is -0.274. The van der Waals surface area contributed by atoms with Gasteiger partial charge in [-0.2, -0.15) is 0 Å². The average Bonchev–Trinajstić information content (AvgIpc) is 2.35. The first-order valence-corrected chi connectivity index (χ1v) is 6.05. The van der Waals surface area contributed by atoms with Crippen LogP contribution in [0.5, 0.6) is 5.75 Å². The number of carbonyl (C=O) groups excluding carboxylic acids is 1. The molecule has 0 aliphatic heterocycles. The zero-order valence-electron chi connectivity index (χ0n) is 11.0. The number of carbonyl (C=O) groups is 1. The third-order valence-electron chi connectivity index (χ3n) is 2.47. The zero-order chi connectivity index (χ0) is 16.0. The van der Waals surface area contributed by atoms with Gasteiger partial charge in [-0.15, -0.1) is 13.2 Å². The summed E-state index contributed by atoms with van der Waals surface area (Å²) in [6.45, 7) is 1.70. The van der Waals surface area contributed by atoms with Gasteiger partial charge >= 0.3 is 12.3 Å². The van der Waals surface area contributed by atoms with Crippen LogP contribution in [-0.4, -0.2) is 18.9 Å². The Morgan fingerprint density at radius 3 is 2.48 bits per heavy atom. The number of aryl methyl sites for hydroxylation is 1. The lowest BCUT2D eigenvalue weighted by atomic mass is 10.1. The predicted octanol–water partition coefficient (Wildman–Crippen LogP) is 4.02. The average molecular weight is 312 g/mol. The van der Waals surface area contributed by atoms with E-state index in [0.29, 0.717) is 0 Å². The Labute approximate surface area is 117 Å². The minimum atomic E-state index is -4.94. The maximum atomic E-state index is 12.6. The van der Waals surface area contributed by atoms with Gasteiger partial charge in [0.1, 0.15) is 5.75 Å². The topological polar surface area (TPSA) is 35.5 Å². The Kier molecular flexibility index (Phi) is 5.92. The molecule has 0 aliphatic rings. The summed E-state index contributed by atoms with van der Waals surface area (Å²) in [5.41, 5.74) is -0.568. The van der Waals surface area contributed by atoms with Gasteiger partial charge in [0.05, 0.1) is 6.61 Å². The number of hydrogen-bond donors (Lipinski definition) is 0. The van der Waals surface area contributed by atoms with Crippen LogP contribution in [0.3, 0.4) is 0 Å². The summed E-state index contributed by atoms with van der Waals surface area (Å²) in [5.74, 6) is -1.23. The molecular weight excluding hydrogens is 299 g/mol. The van der Waals surface area contributed by atoms with Crippen molar-refractivity contribution in [3.63, 3.8) is 0 Å². The fourth-order valence-corrected chi connectivity index (χ4v) is 1.62. The van der Waals surface area contributed by atoms with Gasteiger partial charge in [0.2, 0.25) is 0 Å². The van der Waals surface area contributed by atoms with Gasteiger partial charge in [-0.05, 0) is 37.1 Å². The highest BCUT2D eigenvalue weighted by Gasteiger charge is 2.32. The van der Waals surface area contributed by atoms with E-state index < -0.39 is 30.1 Å². The Morgan fingerprint density at radius 1 is 1.29 bits per heavy atom. The van der Waals surface area contributed by atoms with Gasteiger partial charge in [0.15, 0.2) is 0 Å². The Balaban J connectivity index is 2.94. The number of benzene rings is 1. The molecule has 1 rings (SSSR count). The maximum absolute atomic E-state index is 12.6. The molecule has 0 heterocycles. The van der Waals surface area contributed by atoms with Crippen LogP contribution in [0, 0.1) is 0 Å². The van der Waals surface area contributed by atoms with Gasteiger partial charge in [-0.25, -0.2) is 8.78 Å². The fourth-order valence-electron chi connectivity index (χ4n) is 1.62. The van der Waals surface area contributed by atoms with Crippen molar-refractivity contribution in [3.05, 3.63) is 29.3 Å². The van der Waals surface area contributed by atoms with Crippen molar-refractivity contribution in [3.8, 4) is 5.75 Å². The van der Waals surface area contributed by atoms with Crippen molar-refractivity contribution in [2.45, 2.75) is 32.6 Å².